The lowest BCUT2D eigenvalue weighted by atomic mass is 10.00. The van der Waals surface area contributed by atoms with Gasteiger partial charge in [-0.05, 0) is 44.4 Å². The van der Waals surface area contributed by atoms with Gasteiger partial charge in [0.1, 0.15) is 10.5 Å². The summed E-state index contributed by atoms with van der Waals surface area (Å²) >= 11 is 0. The number of amides is 1. The minimum atomic E-state index is -4.75. The third-order valence-corrected chi connectivity index (χ3v) is 4.05. The standard InChI is InChI=1S/C14H18FNO4S/c1-14(2,3)20-13(17)16-8-7-11-10(9-16)5-4-6-12(11)21(15,18)19/h4-6H,7-9H2,1-3H3. The summed E-state index contributed by atoms with van der Waals surface area (Å²) in [5.41, 5.74) is 0.479. The molecule has 0 saturated heterocycles. The molecule has 0 aliphatic carbocycles. The van der Waals surface area contributed by atoms with E-state index < -0.39 is 21.9 Å². The summed E-state index contributed by atoms with van der Waals surface area (Å²) in [7, 11) is -4.75. The van der Waals surface area contributed by atoms with Crippen molar-refractivity contribution in [3.63, 3.8) is 0 Å². The first-order valence-electron chi connectivity index (χ1n) is 6.61. The molecular formula is C14H18FNO4S. The Labute approximate surface area is 123 Å². The van der Waals surface area contributed by atoms with Crippen LogP contribution in [0.2, 0.25) is 0 Å². The number of hydrogen-bond acceptors (Lipinski definition) is 4. The molecule has 0 spiro atoms. The number of halogens is 1. The lowest BCUT2D eigenvalue weighted by Crippen LogP contribution is -2.40. The third kappa shape index (κ3) is 3.72. The highest BCUT2D eigenvalue weighted by Gasteiger charge is 2.29. The summed E-state index contributed by atoms with van der Waals surface area (Å²) in [5.74, 6) is 0. The summed E-state index contributed by atoms with van der Waals surface area (Å²) in [6, 6.07) is 4.42. The van der Waals surface area contributed by atoms with Crippen LogP contribution < -0.4 is 0 Å². The normalized spacial score (nSPS) is 15.5. The van der Waals surface area contributed by atoms with Crippen LogP contribution in [-0.2, 0) is 27.9 Å². The van der Waals surface area contributed by atoms with Gasteiger partial charge in [0.2, 0.25) is 0 Å². The molecule has 5 nitrogen and oxygen atoms in total. The second kappa shape index (κ2) is 5.29. The zero-order chi connectivity index (χ0) is 15.8. The van der Waals surface area contributed by atoms with Gasteiger partial charge in [-0.1, -0.05) is 12.1 Å². The second-order valence-electron chi connectivity index (χ2n) is 5.98. The fourth-order valence-electron chi connectivity index (χ4n) is 2.29. The number of ether oxygens (including phenoxy) is 1. The van der Waals surface area contributed by atoms with Gasteiger partial charge in [0.25, 0.3) is 0 Å². The van der Waals surface area contributed by atoms with E-state index in [-0.39, 0.29) is 17.9 Å². The van der Waals surface area contributed by atoms with Crippen LogP contribution in [0.15, 0.2) is 23.1 Å². The molecular weight excluding hydrogens is 297 g/mol. The van der Waals surface area contributed by atoms with Crippen LogP contribution in [0.3, 0.4) is 0 Å². The molecule has 0 unspecified atom stereocenters. The van der Waals surface area contributed by atoms with Gasteiger partial charge in [-0.25, -0.2) is 4.79 Å². The molecule has 0 saturated carbocycles. The predicted molar refractivity (Wildman–Crippen MR) is 75.1 cm³/mol. The smallest absolute Gasteiger partial charge is 0.410 e. The molecule has 0 fully saturated rings. The highest BCUT2D eigenvalue weighted by molar-refractivity contribution is 7.86. The van der Waals surface area contributed by atoms with Crippen molar-refractivity contribution in [1.82, 2.24) is 4.90 Å². The van der Waals surface area contributed by atoms with Crippen LogP contribution in [0.25, 0.3) is 0 Å². The van der Waals surface area contributed by atoms with Gasteiger partial charge in [0, 0.05) is 13.1 Å². The Morgan fingerprint density at radius 1 is 1.33 bits per heavy atom. The van der Waals surface area contributed by atoms with E-state index >= 15 is 0 Å². The van der Waals surface area contributed by atoms with Crippen LogP contribution in [-0.4, -0.2) is 31.6 Å². The number of carbonyl (C=O) groups is 1. The van der Waals surface area contributed by atoms with E-state index in [1.807, 2.05) is 0 Å². The maximum Gasteiger partial charge on any atom is 0.410 e. The van der Waals surface area contributed by atoms with Gasteiger partial charge in [0.05, 0.1) is 0 Å². The number of hydrogen-bond donors (Lipinski definition) is 0. The Hall–Kier alpha value is -1.63. The van der Waals surface area contributed by atoms with Crippen LogP contribution in [0.5, 0.6) is 0 Å². The molecule has 0 atom stereocenters. The number of benzene rings is 1. The van der Waals surface area contributed by atoms with Gasteiger partial charge in [-0.2, -0.15) is 8.42 Å². The van der Waals surface area contributed by atoms with E-state index in [2.05, 4.69) is 0 Å². The Morgan fingerprint density at radius 2 is 2.00 bits per heavy atom. The molecule has 0 radical (unpaired) electrons. The Balaban J connectivity index is 2.25. The lowest BCUT2D eigenvalue weighted by molar-refractivity contribution is 0.0223. The molecule has 1 aromatic rings. The van der Waals surface area contributed by atoms with E-state index in [0.29, 0.717) is 17.7 Å². The topological polar surface area (TPSA) is 63.7 Å². The summed E-state index contributed by atoms with van der Waals surface area (Å²) < 4.78 is 40.8. The Kier molecular flexibility index (Phi) is 3.97. The molecule has 0 aromatic heterocycles. The minimum absolute atomic E-state index is 0.216. The molecule has 1 amide bonds. The van der Waals surface area contributed by atoms with Gasteiger partial charge >= 0.3 is 16.3 Å². The van der Waals surface area contributed by atoms with Crippen molar-refractivity contribution < 1.29 is 21.8 Å². The summed E-state index contributed by atoms with van der Waals surface area (Å²) in [4.78, 5) is 13.2. The lowest BCUT2D eigenvalue weighted by Gasteiger charge is -2.31. The first-order chi connectivity index (χ1) is 9.58. The van der Waals surface area contributed by atoms with Crippen molar-refractivity contribution in [2.75, 3.05) is 6.54 Å². The Bertz CT molecular complexity index is 664. The molecule has 2 rings (SSSR count). The average Bonchev–Trinajstić information content (AvgIpc) is 2.34. The first-order valence-corrected chi connectivity index (χ1v) is 7.99. The monoisotopic (exact) mass is 315 g/mol. The largest absolute Gasteiger partial charge is 0.444 e. The summed E-state index contributed by atoms with van der Waals surface area (Å²) in [6.45, 7) is 5.84. The fraction of sp³-hybridized carbons (Fsp3) is 0.500. The Morgan fingerprint density at radius 3 is 2.57 bits per heavy atom. The maximum atomic E-state index is 13.3. The molecule has 116 valence electrons. The van der Waals surface area contributed by atoms with Crippen LogP contribution in [0.4, 0.5) is 8.68 Å². The van der Waals surface area contributed by atoms with Gasteiger partial charge in [-0.3, -0.25) is 0 Å². The van der Waals surface area contributed by atoms with Gasteiger partial charge < -0.3 is 9.64 Å². The molecule has 1 heterocycles. The maximum absolute atomic E-state index is 13.3. The second-order valence-corrected chi connectivity index (χ2v) is 7.30. The number of fused-ring (bicyclic) bond motifs is 1. The zero-order valence-corrected chi connectivity index (χ0v) is 13.0. The molecule has 0 bridgehead atoms. The van der Waals surface area contributed by atoms with Crippen molar-refractivity contribution in [1.29, 1.82) is 0 Å². The van der Waals surface area contributed by atoms with Gasteiger partial charge in [0.15, 0.2) is 0 Å². The minimum Gasteiger partial charge on any atom is -0.444 e. The summed E-state index contributed by atoms with van der Waals surface area (Å²) in [5, 5.41) is 0. The van der Waals surface area contributed by atoms with Crippen molar-refractivity contribution >= 4 is 16.3 Å². The first kappa shape index (κ1) is 15.8. The number of carbonyl (C=O) groups excluding carboxylic acids is 1. The quantitative estimate of drug-likeness (QED) is 0.747. The van der Waals surface area contributed by atoms with Crippen LogP contribution in [0, 0.1) is 0 Å². The third-order valence-electron chi connectivity index (χ3n) is 3.14. The molecule has 0 N–H and O–H groups in total. The highest BCUT2D eigenvalue weighted by Crippen LogP contribution is 2.27. The summed E-state index contributed by atoms with van der Waals surface area (Å²) in [6.07, 6.45) is -0.171. The molecule has 1 aromatic carbocycles. The van der Waals surface area contributed by atoms with Crippen LogP contribution in [0.1, 0.15) is 31.9 Å². The van der Waals surface area contributed by atoms with E-state index in [1.165, 1.54) is 17.0 Å². The van der Waals surface area contributed by atoms with E-state index in [0.717, 1.165) is 0 Å². The van der Waals surface area contributed by atoms with E-state index in [4.69, 9.17) is 4.74 Å². The van der Waals surface area contributed by atoms with Crippen molar-refractivity contribution in [2.45, 2.75) is 44.2 Å². The average molecular weight is 315 g/mol. The number of nitrogens with zero attached hydrogens (tertiary/aromatic N) is 1. The molecule has 1 aliphatic rings. The molecule has 21 heavy (non-hydrogen) atoms. The molecule has 7 heteroatoms. The van der Waals surface area contributed by atoms with E-state index in [1.54, 1.807) is 26.8 Å². The van der Waals surface area contributed by atoms with E-state index in [9.17, 15) is 17.1 Å². The predicted octanol–water partition coefficient (Wildman–Crippen LogP) is 2.64. The van der Waals surface area contributed by atoms with Crippen molar-refractivity contribution in [3.8, 4) is 0 Å². The zero-order valence-electron chi connectivity index (χ0n) is 12.2. The van der Waals surface area contributed by atoms with Gasteiger partial charge in [-0.15, -0.1) is 3.89 Å². The highest BCUT2D eigenvalue weighted by atomic mass is 32.3. The van der Waals surface area contributed by atoms with Crippen molar-refractivity contribution in [3.05, 3.63) is 29.3 Å². The molecule has 1 aliphatic heterocycles. The SMILES string of the molecule is CC(C)(C)OC(=O)N1CCc2c(cccc2S(=O)(=O)F)C1. The number of rotatable bonds is 1. The van der Waals surface area contributed by atoms with Crippen molar-refractivity contribution in [2.24, 2.45) is 0 Å². The van der Waals surface area contributed by atoms with Crippen LogP contribution >= 0.6 is 0 Å². The fourth-order valence-corrected chi connectivity index (χ4v) is 3.05.